The van der Waals surface area contributed by atoms with Crippen LogP contribution in [0.4, 0.5) is 0 Å². The van der Waals surface area contributed by atoms with Crippen LogP contribution in [0.1, 0.15) is 11.4 Å². The van der Waals surface area contributed by atoms with E-state index in [9.17, 15) is 0 Å². The van der Waals surface area contributed by atoms with Gasteiger partial charge in [-0.05, 0) is 18.5 Å². The number of aryl methyl sites for hydroxylation is 2. The maximum Gasteiger partial charge on any atom is 0.134 e. The van der Waals surface area contributed by atoms with Gasteiger partial charge in [0.15, 0.2) is 0 Å². The Kier molecular flexibility index (Phi) is 3.66. The Morgan fingerprint density at radius 3 is 2.69 bits per heavy atom. The number of rotatable bonds is 5. The topological polar surface area (TPSA) is 56.7 Å². The van der Waals surface area contributed by atoms with Gasteiger partial charge in [-0.2, -0.15) is 0 Å². The molecule has 0 aliphatic carbocycles. The summed E-state index contributed by atoms with van der Waals surface area (Å²) in [5.41, 5.74) is 6.84. The SMILES string of the molecule is NCCc1nncn1CCc1ccccc1. The average molecular weight is 216 g/mol. The largest absolute Gasteiger partial charge is 0.330 e. The Bertz CT molecular complexity index is 422. The minimum absolute atomic E-state index is 0.615. The van der Waals surface area contributed by atoms with Crippen LogP contribution in [0.3, 0.4) is 0 Å². The standard InChI is InChI=1S/C12H16N4/c13-8-6-12-15-14-10-16(12)9-7-11-4-2-1-3-5-11/h1-5,10H,6-9,13H2. The van der Waals surface area contributed by atoms with Gasteiger partial charge >= 0.3 is 0 Å². The lowest BCUT2D eigenvalue weighted by molar-refractivity contribution is 0.648. The van der Waals surface area contributed by atoms with Crippen LogP contribution in [0.25, 0.3) is 0 Å². The third-order valence-corrected chi connectivity index (χ3v) is 2.55. The van der Waals surface area contributed by atoms with Crippen molar-refractivity contribution in [3.8, 4) is 0 Å². The highest BCUT2D eigenvalue weighted by molar-refractivity contribution is 5.14. The zero-order chi connectivity index (χ0) is 11.2. The molecule has 0 amide bonds. The predicted molar refractivity (Wildman–Crippen MR) is 62.9 cm³/mol. The summed E-state index contributed by atoms with van der Waals surface area (Å²) in [5.74, 6) is 0.971. The molecule has 0 aliphatic heterocycles. The highest BCUT2D eigenvalue weighted by Gasteiger charge is 2.02. The quantitative estimate of drug-likeness (QED) is 0.812. The molecule has 1 aromatic carbocycles. The van der Waals surface area contributed by atoms with E-state index in [1.165, 1.54) is 5.56 Å². The van der Waals surface area contributed by atoms with Crippen LogP contribution in [-0.2, 0) is 19.4 Å². The van der Waals surface area contributed by atoms with Crippen LogP contribution in [0.2, 0.25) is 0 Å². The van der Waals surface area contributed by atoms with E-state index < -0.39 is 0 Å². The number of nitrogens with zero attached hydrogens (tertiary/aromatic N) is 3. The summed E-state index contributed by atoms with van der Waals surface area (Å²) in [6, 6.07) is 10.4. The van der Waals surface area contributed by atoms with Crippen molar-refractivity contribution in [1.29, 1.82) is 0 Å². The highest BCUT2D eigenvalue weighted by Crippen LogP contribution is 2.03. The molecule has 2 N–H and O–H groups in total. The van der Waals surface area contributed by atoms with Crippen LogP contribution < -0.4 is 5.73 Å². The molecular formula is C12H16N4. The summed E-state index contributed by atoms with van der Waals surface area (Å²) in [4.78, 5) is 0. The summed E-state index contributed by atoms with van der Waals surface area (Å²) in [6.07, 6.45) is 3.55. The fourth-order valence-corrected chi connectivity index (χ4v) is 1.68. The third-order valence-electron chi connectivity index (χ3n) is 2.55. The first kappa shape index (κ1) is 10.8. The Labute approximate surface area is 95.1 Å². The maximum atomic E-state index is 5.51. The summed E-state index contributed by atoms with van der Waals surface area (Å²) >= 11 is 0. The Hall–Kier alpha value is -1.68. The highest BCUT2D eigenvalue weighted by atomic mass is 15.3. The molecule has 16 heavy (non-hydrogen) atoms. The summed E-state index contributed by atoms with van der Waals surface area (Å²) < 4.78 is 2.07. The molecule has 0 atom stereocenters. The summed E-state index contributed by atoms with van der Waals surface area (Å²) in [5, 5.41) is 7.96. The normalized spacial score (nSPS) is 10.6. The van der Waals surface area contributed by atoms with Gasteiger partial charge in [-0.1, -0.05) is 30.3 Å². The smallest absolute Gasteiger partial charge is 0.134 e. The van der Waals surface area contributed by atoms with Crippen molar-refractivity contribution in [2.45, 2.75) is 19.4 Å². The summed E-state index contributed by atoms with van der Waals surface area (Å²) in [7, 11) is 0. The molecule has 0 spiro atoms. The monoisotopic (exact) mass is 216 g/mol. The Morgan fingerprint density at radius 2 is 1.94 bits per heavy atom. The van der Waals surface area contributed by atoms with Gasteiger partial charge in [0.05, 0.1) is 0 Å². The fourth-order valence-electron chi connectivity index (χ4n) is 1.68. The van der Waals surface area contributed by atoms with Crippen molar-refractivity contribution in [2.24, 2.45) is 5.73 Å². The lowest BCUT2D eigenvalue weighted by atomic mass is 10.1. The van der Waals surface area contributed by atoms with Gasteiger partial charge in [-0.3, -0.25) is 0 Å². The van der Waals surface area contributed by atoms with E-state index in [-0.39, 0.29) is 0 Å². The molecule has 84 valence electrons. The Morgan fingerprint density at radius 1 is 1.12 bits per heavy atom. The minimum Gasteiger partial charge on any atom is -0.330 e. The van der Waals surface area contributed by atoms with E-state index in [1.54, 1.807) is 6.33 Å². The van der Waals surface area contributed by atoms with Gasteiger partial charge in [-0.25, -0.2) is 0 Å². The fraction of sp³-hybridized carbons (Fsp3) is 0.333. The second-order valence-electron chi connectivity index (χ2n) is 3.71. The number of nitrogens with two attached hydrogens (primary N) is 1. The van der Waals surface area contributed by atoms with Gasteiger partial charge in [0.25, 0.3) is 0 Å². The van der Waals surface area contributed by atoms with Gasteiger partial charge in [0.2, 0.25) is 0 Å². The molecule has 0 unspecified atom stereocenters. The van der Waals surface area contributed by atoms with Crippen LogP contribution in [0.5, 0.6) is 0 Å². The van der Waals surface area contributed by atoms with Crippen LogP contribution in [-0.4, -0.2) is 21.3 Å². The molecule has 1 heterocycles. The van der Waals surface area contributed by atoms with E-state index in [0.717, 1.165) is 25.2 Å². The molecule has 1 aromatic heterocycles. The van der Waals surface area contributed by atoms with Gasteiger partial charge in [0, 0.05) is 13.0 Å². The molecule has 0 bridgehead atoms. The van der Waals surface area contributed by atoms with Crippen LogP contribution in [0, 0.1) is 0 Å². The zero-order valence-electron chi connectivity index (χ0n) is 9.21. The van der Waals surface area contributed by atoms with Crippen molar-refractivity contribution in [3.05, 3.63) is 48.0 Å². The van der Waals surface area contributed by atoms with Crippen LogP contribution >= 0.6 is 0 Å². The molecule has 2 aromatic rings. The number of benzene rings is 1. The van der Waals surface area contributed by atoms with Crippen molar-refractivity contribution in [1.82, 2.24) is 14.8 Å². The molecule has 4 heteroatoms. The van der Waals surface area contributed by atoms with E-state index in [2.05, 4.69) is 39.0 Å². The van der Waals surface area contributed by atoms with Crippen LogP contribution in [0.15, 0.2) is 36.7 Å². The molecule has 0 aliphatic rings. The summed E-state index contributed by atoms with van der Waals surface area (Å²) in [6.45, 7) is 1.52. The minimum atomic E-state index is 0.615. The number of hydrogen-bond acceptors (Lipinski definition) is 3. The second-order valence-corrected chi connectivity index (χ2v) is 3.71. The average Bonchev–Trinajstić information content (AvgIpc) is 2.76. The third kappa shape index (κ3) is 2.67. The molecule has 4 nitrogen and oxygen atoms in total. The molecule has 0 fully saturated rings. The van der Waals surface area contributed by atoms with E-state index in [1.807, 2.05) is 6.07 Å². The van der Waals surface area contributed by atoms with E-state index >= 15 is 0 Å². The molecule has 0 radical (unpaired) electrons. The predicted octanol–water partition coefficient (Wildman–Crippen LogP) is 1.02. The second kappa shape index (κ2) is 5.42. The number of hydrogen-bond donors (Lipinski definition) is 1. The lowest BCUT2D eigenvalue weighted by Crippen LogP contribution is -2.10. The zero-order valence-corrected chi connectivity index (χ0v) is 9.21. The first-order valence-electron chi connectivity index (χ1n) is 5.51. The van der Waals surface area contributed by atoms with E-state index in [4.69, 9.17) is 5.73 Å². The Balaban J connectivity index is 1.97. The molecule has 2 rings (SSSR count). The molecule has 0 saturated heterocycles. The van der Waals surface area contributed by atoms with Crippen molar-refractivity contribution in [2.75, 3.05) is 6.54 Å². The molecule has 0 saturated carbocycles. The van der Waals surface area contributed by atoms with Gasteiger partial charge < -0.3 is 10.3 Å². The van der Waals surface area contributed by atoms with E-state index in [0.29, 0.717) is 6.54 Å². The maximum absolute atomic E-state index is 5.51. The molecular weight excluding hydrogens is 200 g/mol. The van der Waals surface area contributed by atoms with Crippen molar-refractivity contribution in [3.63, 3.8) is 0 Å². The van der Waals surface area contributed by atoms with Gasteiger partial charge in [-0.15, -0.1) is 10.2 Å². The van der Waals surface area contributed by atoms with Gasteiger partial charge in [0.1, 0.15) is 12.2 Å². The lowest BCUT2D eigenvalue weighted by Gasteiger charge is -2.05. The number of aromatic nitrogens is 3. The first-order valence-corrected chi connectivity index (χ1v) is 5.51. The first-order chi connectivity index (χ1) is 7.90. The van der Waals surface area contributed by atoms with Crippen molar-refractivity contribution >= 4 is 0 Å². The van der Waals surface area contributed by atoms with Crippen molar-refractivity contribution < 1.29 is 0 Å².